The molecule has 14 heavy (non-hydrogen) atoms. The molecule has 1 aromatic carbocycles. The quantitative estimate of drug-likeness (QED) is 0.674. The van der Waals surface area contributed by atoms with E-state index in [0.29, 0.717) is 6.54 Å². The number of nitrogens with one attached hydrogen (secondary N) is 2. The molecule has 2 N–H and O–H groups in total. The Kier molecular flexibility index (Phi) is 2.21. The lowest BCUT2D eigenvalue weighted by molar-refractivity contribution is -0.117. The third-order valence-corrected chi connectivity index (χ3v) is 2.20. The summed E-state index contributed by atoms with van der Waals surface area (Å²) in [6, 6.07) is 7.29. The summed E-state index contributed by atoms with van der Waals surface area (Å²) in [5.41, 5.74) is 1.83. The van der Waals surface area contributed by atoms with E-state index in [2.05, 4.69) is 16.6 Å². The predicted molar refractivity (Wildman–Crippen MR) is 54.6 cm³/mol. The molecule has 0 radical (unpaired) electrons. The second-order valence-corrected chi connectivity index (χ2v) is 3.09. The Hall–Kier alpha value is -1.79. The highest BCUT2D eigenvalue weighted by molar-refractivity contribution is 6.02. The lowest BCUT2D eigenvalue weighted by atomic mass is 10.1. The molecule has 0 saturated carbocycles. The van der Waals surface area contributed by atoms with Gasteiger partial charge in [-0.1, -0.05) is 24.1 Å². The Bertz CT molecular complexity index is 406. The molecule has 0 spiro atoms. The van der Waals surface area contributed by atoms with E-state index in [0.717, 1.165) is 11.3 Å². The van der Waals surface area contributed by atoms with E-state index in [9.17, 15) is 4.79 Å². The van der Waals surface area contributed by atoms with Crippen LogP contribution in [0.4, 0.5) is 5.69 Å². The molecular weight excluding hydrogens is 176 g/mol. The number of carbonyl (C=O) groups excluding carboxylic acids is 1. The monoisotopic (exact) mass is 186 g/mol. The van der Waals surface area contributed by atoms with Crippen LogP contribution in [-0.2, 0) is 4.79 Å². The maximum Gasteiger partial charge on any atom is 0.246 e. The number of anilines is 1. The van der Waals surface area contributed by atoms with Gasteiger partial charge >= 0.3 is 0 Å². The van der Waals surface area contributed by atoms with Gasteiger partial charge in [-0.15, -0.1) is 6.42 Å². The minimum absolute atomic E-state index is 0.0403. The van der Waals surface area contributed by atoms with E-state index in [4.69, 9.17) is 6.42 Å². The molecule has 1 heterocycles. The summed E-state index contributed by atoms with van der Waals surface area (Å²) >= 11 is 0. The van der Waals surface area contributed by atoms with Gasteiger partial charge < -0.3 is 5.32 Å². The van der Waals surface area contributed by atoms with Crippen LogP contribution in [-0.4, -0.2) is 12.5 Å². The van der Waals surface area contributed by atoms with Gasteiger partial charge in [-0.3, -0.25) is 10.1 Å². The highest BCUT2D eigenvalue weighted by Crippen LogP contribution is 2.29. The molecule has 70 valence electrons. The van der Waals surface area contributed by atoms with Crippen molar-refractivity contribution in [3.05, 3.63) is 29.8 Å². The van der Waals surface area contributed by atoms with Crippen LogP contribution < -0.4 is 10.6 Å². The van der Waals surface area contributed by atoms with Crippen LogP contribution in [0.2, 0.25) is 0 Å². The van der Waals surface area contributed by atoms with Gasteiger partial charge in [-0.25, -0.2) is 0 Å². The van der Waals surface area contributed by atoms with Crippen molar-refractivity contribution in [1.29, 1.82) is 0 Å². The van der Waals surface area contributed by atoms with Gasteiger partial charge in [0.2, 0.25) is 5.91 Å². The average Bonchev–Trinajstić information content (AvgIpc) is 2.51. The van der Waals surface area contributed by atoms with E-state index in [1.165, 1.54) is 0 Å². The van der Waals surface area contributed by atoms with Crippen molar-refractivity contribution in [3.63, 3.8) is 0 Å². The zero-order valence-corrected chi connectivity index (χ0v) is 7.58. The number of terminal acetylenes is 1. The van der Waals surface area contributed by atoms with Crippen molar-refractivity contribution in [2.45, 2.75) is 6.04 Å². The molecule has 1 aliphatic rings. The van der Waals surface area contributed by atoms with Gasteiger partial charge in [0.1, 0.15) is 6.04 Å². The van der Waals surface area contributed by atoms with Crippen LogP contribution in [0.25, 0.3) is 0 Å². The van der Waals surface area contributed by atoms with E-state index in [1.807, 2.05) is 24.3 Å². The summed E-state index contributed by atoms with van der Waals surface area (Å²) < 4.78 is 0. The van der Waals surface area contributed by atoms with E-state index < -0.39 is 0 Å². The highest BCUT2D eigenvalue weighted by atomic mass is 16.2. The van der Waals surface area contributed by atoms with E-state index >= 15 is 0 Å². The Morgan fingerprint density at radius 2 is 2.29 bits per heavy atom. The van der Waals surface area contributed by atoms with Crippen molar-refractivity contribution < 1.29 is 4.79 Å². The number of hydrogen-bond acceptors (Lipinski definition) is 2. The first-order valence-corrected chi connectivity index (χ1v) is 4.39. The Morgan fingerprint density at radius 3 is 3.07 bits per heavy atom. The van der Waals surface area contributed by atoms with Gasteiger partial charge in [0.15, 0.2) is 0 Å². The number of carbonyl (C=O) groups is 1. The van der Waals surface area contributed by atoms with Crippen molar-refractivity contribution in [3.8, 4) is 12.3 Å². The second kappa shape index (κ2) is 3.52. The summed E-state index contributed by atoms with van der Waals surface area (Å²) in [4.78, 5) is 11.5. The van der Waals surface area contributed by atoms with Crippen LogP contribution in [0.3, 0.4) is 0 Å². The van der Waals surface area contributed by atoms with Crippen LogP contribution in [0.15, 0.2) is 24.3 Å². The van der Waals surface area contributed by atoms with Crippen molar-refractivity contribution >= 4 is 11.6 Å². The zero-order chi connectivity index (χ0) is 9.97. The molecule has 0 fully saturated rings. The Labute approximate surface area is 82.5 Å². The number of para-hydroxylation sites is 1. The second-order valence-electron chi connectivity index (χ2n) is 3.09. The minimum atomic E-state index is -0.303. The third kappa shape index (κ3) is 1.36. The molecule has 0 bridgehead atoms. The maximum atomic E-state index is 11.5. The fourth-order valence-corrected chi connectivity index (χ4v) is 1.57. The van der Waals surface area contributed by atoms with Crippen molar-refractivity contribution in [2.24, 2.45) is 0 Å². The molecule has 1 unspecified atom stereocenters. The summed E-state index contributed by atoms with van der Waals surface area (Å²) in [6.07, 6.45) is 5.13. The molecule has 1 aliphatic heterocycles. The SMILES string of the molecule is C#CCNC1C(=O)Nc2ccccc21. The smallest absolute Gasteiger partial charge is 0.246 e. The molecule has 0 saturated heterocycles. The van der Waals surface area contributed by atoms with Crippen LogP contribution >= 0.6 is 0 Å². The summed E-state index contributed by atoms with van der Waals surface area (Å²) in [6.45, 7) is 0.395. The van der Waals surface area contributed by atoms with Crippen LogP contribution in [0.5, 0.6) is 0 Å². The van der Waals surface area contributed by atoms with Gasteiger partial charge in [-0.05, 0) is 6.07 Å². The number of rotatable bonds is 2. The summed E-state index contributed by atoms with van der Waals surface area (Å²) in [5.74, 6) is 2.41. The van der Waals surface area contributed by atoms with Gasteiger partial charge in [0, 0.05) is 11.3 Å². The molecule has 1 atom stereocenters. The predicted octanol–water partition coefficient (Wildman–Crippen LogP) is 0.903. The molecular formula is C11H10N2O. The maximum absolute atomic E-state index is 11.5. The van der Waals surface area contributed by atoms with Crippen molar-refractivity contribution in [2.75, 3.05) is 11.9 Å². The lowest BCUT2D eigenvalue weighted by Gasteiger charge is -2.07. The van der Waals surface area contributed by atoms with Gasteiger partial charge in [-0.2, -0.15) is 0 Å². The highest BCUT2D eigenvalue weighted by Gasteiger charge is 2.28. The first kappa shape index (κ1) is 8.79. The standard InChI is InChI=1S/C11H10N2O/c1-2-7-12-10-8-5-3-4-6-9(8)13-11(10)14/h1,3-6,10,12H,7H2,(H,13,14). The first-order chi connectivity index (χ1) is 6.83. The first-order valence-electron chi connectivity index (χ1n) is 4.39. The fourth-order valence-electron chi connectivity index (χ4n) is 1.57. The molecule has 0 aromatic heterocycles. The summed E-state index contributed by atoms with van der Waals surface area (Å²) in [7, 11) is 0. The van der Waals surface area contributed by atoms with Gasteiger partial charge in [0.05, 0.1) is 6.54 Å². The van der Waals surface area contributed by atoms with Crippen molar-refractivity contribution in [1.82, 2.24) is 5.32 Å². The molecule has 0 aliphatic carbocycles. The summed E-state index contributed by atoms with van der Waals surface area (Å²) in [5, 5.41) is 5.78. The minimum Gasteiger partial charge on any atom is -0.324 e. The van der Waals surface area contributed by atoms with E-state index in [-0.39, 0.29) is 11.9 Å². The third-order valence-electron chi connectivity index (χ3n) is 2.20. The number of benzene rings is 1. The molecule has 3 heteroatoms. The molecule has 2 rings (SSSR count). The Balaban J connectivity index is 2.26. The number of fused-ring (bicyclic) bond motifs is 1. The molecule has 1 aromatic rings. The van der Waals surface area contributed by atoms with Crippen LogP contribution in [0.1, 0.15) is 11.6 Å². The topological polar surface area (TPSA) is 41.1 Å². The van der Waals surface area contributed by atoms with Gasteiger partial charge in [0.25, 0.3) is 0 Å². The fraction of sp³-hybridized carbons (Fsp3) is 0.182. The molecule has 1 amide bonds. The van der Waals surface area contributed by atoms with E-state index in [1.54, 1.807) is 0 Å². The zero-order valence-electron chi connectivity index (χ0n) is 7.58. The molecule has 3 nitrogen and oxygen atoms in total. The number of amides is 1. The average molecular weight is 186 g/mol. The van der Waals surface area contributed by atoms with Crippen LogP contribution in [0, 0.1) is 12.3 Å². The lowest BCUT2D eigenvalue weighted by Crippen LogP contribution is -2.27. The largest absolute Gasteiger partial charge is 0.324 e. The normalized spacial score (nSPS) is 18.5. The number of hydrogen-bond donors (Lipinski definition) is 2. The Morgan fingerprint density at radius 1 is 1.50 bits per heavy atom.